The fourth-order valence-electron chi connectivity index (χ4n) is 1.42. The summed E-state index contributed by atoms with van der Waals surface area (Å²) in [6.07, 6.45) is 0. The average molecular weight is 350 g/mol. The summed E-state index contributed by atoms with van der Waals surface area (Å²) in [6, 6.07) is -5.44. The van der Waals surface area contributed by atoms with E-state index in [1.165, 1.54) is 6.92 Å². The number of amides is 3. The van der Waals surface area contributed by atoms with E-state index in [4.69, 9.17) is 26.2 Å². The van der Waals surface area contributed by atoms with Gasteiger partial charge in [-0.15, -0.1) is 0 Å². The Balaban J connectivity index is 4.67. The Morgan fingerprint density at radius 2 is 1.33 bits per heavy atom. The molecule has 0 rings (SSSR count). The van der Waals surface area contributed by atoms with Gasteiger partial charge in [-0.25, -0.2) is 4.79 Å². The maximum absolute atomic E-state index is 11.9. The van der Waals surface area contributed by atoms with E-state index in [2.05, 4.69) is 10.6 Å². The van der Waals surface area contributed by atoms with Crippen molar-refractivity contribution in [2.75, 3.05) is 19.8 Å². The minimum atomic E-state index is -1.53. The molecular weight excluding hydrogens is 328 g/mol. The van der Waals surface area contributed by atoms with Crippen molar-refractivity contribution in [1.82, 2.24) is 16.0 Å². The number of nitrogens with two attached hydrogens (primary N) is 1. The van der Waals surface area contributed by atoms with Gasteiger partial charge in [0.15, 0.2) is 0 Å². The van der Waals surface area contributed by atoms with Gasteiger partial charge < -0.3 is 42.1 Å². The van der Waals surface area contributed by atoms with Crippen molar-refractivity contribution in [1.29, 1.82) is 0 Å². The molecule has 0 bridgehead atoms. The molecule has 12 heteroatoms. The van der Waals surface area contributed by atoms with E-state index in [1.807, 2.05) is 5.32 Å². The van der Waals surface area contributed by atoms with E-state index in [0.29, 0.717) is 0 Å². The maximum atomic E-state index is 11.9. The first-order valence-electron chi connectivity index (χ1n) is 6.89. The molecule has 24 heavy (non-hydrogen) atoms. The molecular formula is C12H22N4O8. The van der Waals surface area contributed by atoms with Gasteiger partial charge >= 0.3 is 5.97 Å². The van der Waals surface area contributed by atoms with Gasteiger partial charge in [-0.1, -0.05) is 0 Å². The molecule has 0 spiro atoms. The van der Waals surface area contributed by atoms with E-state index in [9.17, 15) is 19.2 Å². The predicted octanol–water partition coefficient (Wildman–Crippen LogP) is -5.15. The SMILES string of the molecule is CC(NC(=O)C(CO)NC(=O)C(N)CO)C(=O)NC(CO)C(=O)O. The molecule has 0 aromatic heterocycles. The zero-order valence-electron chi connectivity index (χ0n) is 12.9. The summed E-state index contributed by atoms with van der Waals surface area (Å²) in [4.78, 5) is 45.8. The summed E-state index contributed by atoms with van der Waals surface area (Å²) in [5.41, 5.74) is 5.25. The van der Waals surface area contributed by atoms with E-state index in [0.717, 1.165) is 0 Å². The second-order valence-electron chi connectivity index (χ2n) is 4.85. The van der Waals surface area contributed by atoms with Crippen LogP contribution in [0.25, 0.3) is 0 Å². The highest BCUT2D eigenvalue weighted by molar-refractivity contribution is 5.93. The van der Waals surface area contributed by atoms with Crippen LogP contribution in [0.1, 0.15) is 6.92 Å². The highest BCUT2D eigenvalue weighted by Crippen LogP contribution is 1.92. The minimum absolute atomic E-state index is 0.665. The van der Waals surface area contributed by atoms with Gasteiger partial charge in [0.1, 0.15) is 24.2 Å². The van der Waals surface area contributed by atoms with Crippen LogP contribution in [0.3, 0.4) is 0 Å². The van der Waals surface area contributed by atoms with Crippen molar-refractivity contribution in [2.45, 2.75) is 31.1 Å². The summed E-state index contributed by atoms with van der Waals surface area (Å²) in [6.45, 7) is -1.06. The van der Waals surface area contributed by atoms with Gasteiger partial charge in [0.2, 0.25) is 17.7 Å². The predicted molar refractivity (Wildman–Crippen MR) is 78.3 cm³/mol. The van der Waals surface area contributed by atoms with Crippen molar-refractivity contribution in [2.24, 2.45) is 5.73 Å². The molecule has 4 atom stereocenters. The first-order valence-corrected chi connectivity index (χ1v) is 6.89. The second kappa shape index (κ2) is 10.5. The van der Waals surface area contributed by atoms with E-state index >= 15 is 0 Å². The fraction of sp³-hybridized carbons (Fsp3) is 0.667. The van der Waals surface area contributed by atoms with Gasteiger partial charge in [0, 0.05) is 0 Å². The molecule has 3 amide bonds. The van der Waals surface area contributed by atoms with Crippen molar-refractivity contribution in [3.8, 4) is 0 Å². The van der Waals surface area contributed by atoms with E-state index < -0.39 is 67.7 Å². The molecule has 0 aliphatic carbocycles. The number of carbonyl (C=O) groups excluding carboxylic acids is 3. The molecule has 0 aliphatic heterocycles. The number of hydrogen-bond acceptors (Lipinski definition) is 8. The van der Waals surface area contributed by atoms with Crippen LogP contribution in [-0.2, 0) is 19.2 Å². The minimum Gasteiger partial charge on any atom is -0.480 e. The van der Waals surface area contributed by atoms with E-state index in [1.54, 1.807) is 0 Å². The number of carboxylic acid groups (broad SMARTS) is 1. The first kappa shape index (κ1) is 21.7. The number of rotatable bonds is 10. The van der Waals surface area contributed by atoms with Crippen LogP contribution in [0.2, 0.25) is 0 Å². The zero-order valence-corrected chi connectivity index (χ0v) is 12.9. The Morgan fingerprint density at radius 1 is 0.833 bits per heavy atom. The lowest BCUT2D eigenvalue weighted by Crippen LogP contribution is -2.58. The van der Waals surface area contributed by atoms with Crippen molar-refractivity contribution < 1.29 is 39.6 Å². The van der Waals surface area contributed by atoms with Gasteiger partial charge in [0.05, 0.1) is 19.8 Å². The first-order chi connectivity index (χ1) is 11.2. The number of nitrogens with one attached hydrogen (secondary N) is 3. The van der Waals surface area contributed by atoms with Crippen LogP contribution in [0.15, 0.2) is 0 Å². The summed E-state index contributed by atoms with van der Waals surface area (Å²) in [7, 11) is 0. The number of aliphatic carboxylic acids is 1. The van der Waals surface area contributed by atoms with Crippen LogP contribution in [0, 0.1) is 0 Å². The summed E-state index contributed by atoms with van der Waals surface area (Å²) < 4.78 is 0. The summed E-state index contributed by atoms with van der Waals surface area (Å²) in [5, 5.41) is 41.6. The Labute approximate surface area is 137 Å². The molecule has 0 saturated heterocycles. The zero-order chi connectivity index (χ0) is 18.9. The van der Waals surface area contributed by atoms with Crippen LogP contribution >= 0.6 is 0 Å². The van der Waals surface area contributed by atoms with Crippen molar-refractivity contribution >= 4 is 23.7 Å². The number of aliphatic hydroxyl groups is 3. The summed E-state index contributed by atoms with van der Waals surface area (Å²) in [5.74, 6) is -4.15. The number of carbonyl (C=O) groups is 4. The molecule has 0 fully saturated rings. The normalized spacial score (nSPS) is 15.5. The second-order valence-corrected chi connectivity index (χ2v) is 4.85. The van der Waals surface area contributed by atoms with Crippen LogP contribution in [0.5, 0.6) is 0 Å². The van der Waals surface area contributed by atoms with Crippen LogP contribution < -0.4 is 21.7 Å². The number of aliphatic hydroxyl groups excluding tert-OH is 3. The Morgan fingerprint density at radius 3 is 1.75 bits per heavy atom. The Kier molecular flexibility index (Phi) is 9.49. The lowest BCUT2D eigenvalue weighted by atomic mass is 10.2. The molecule has 4 unspecified atom stereocenters. The smallest absolute Gasteiger partial charge is 0.328 e. The molecule has 138 valence electrons. The molecule has 0 aliphatic rings. The maximum Gasteiger partial charge on any atom is 0.328 e. The highest BCUT2D eigenvalue weighted by Gasteiger charge is 2.27. The van der Waals surface area contributed by atoms with Crippen molar-refractivity contribution in [3.05, 3.63) is 0 Å². The molecule has 0 radical (unpaired) electrons. The highest BCUT2D eigenvalue weighted by atomic mass is 16.4. The van der Waals surface area contributed by atoms with Crippen LogP contribution in [0.4, 0.5) is 0 Å². The monoisotopic (exact) mass is 350 g/mol. The molecule has 0 saturated carbocycles. The van der Waals surface area contributed by atoms with Crippen LogP contribution in [-0.4, -0.2) is 88.1 Å². The largest absolute Gasteiger partial charge is 0.480 e. The molecule has 0 aromatic rings. The third-order valence-corrected chi connectivity index (χ3v) is 2.90. The van der Waals surface area contributed by atoms with Crippen molar-refractivity contribution in [3.63, 3.8) is 0 Å². The molecule has 12 nitrogen and oxygen atoms in total. The summed E-state index contributed by atoms with van der Waals surface area (Å²) >= 11 is 0. The topological polar surface area (TPSA) is 211 Å². The average Bonchev–Trinajstić information content (AvgIpc) is 2.55. The van der Waals surface area contributed by atoms with Gasteiger partial charge in [-0.05, 0) is 6.92 Å². The Bertz CT molecular complexity index is 472. The number of carboxylic acids is 1. The number of hydrogen-bond donors (Lipinski definition) is 8. The Hall–Kier alpha value is -2.28. The molecule has 0 heterocycles. The van der Waals surface area contributed by atoms with E-state index in [-0.39, 0.29) is 0 Å². The molecule has 0 aromatic carbocycles. The third-order valence-electron chi connectivity index (χ3n) is 2.90. The third kappa shape index (κ3) is 6.87. The fourth-order valence-corrected chi connectivity index (χ4v) is 1.42. The standard InChI is InChI=1S/C12H22N4O8/c1-5(9(20)16-8(4-19)12(23)24)14-11(22)7(3-18)15-10(21)6(13)2-17/h5-8,17-19H,2-4,13H2,1H3,(H,14,22)(H,15,21)(H,16,20)(H,23,24). The van der Waals surface area contributed by atoms with Gasteiger partial charge in [-0.2, -0.15) is 0 Å². The van der Waals surface area contributed by atoms with Gasteiger partial charge in [0.25, 0.3) is 0 Å². The lowest BCUT2D eigenvalue weighted by Gasteiger charge is -2.21. The quantitative estimate of drug-likeness (QED) is 0.189. The lowest BCUT2D eigenvalue weighted by molar-refractivity contribution is -0.143. The molecule has 9 N–H and O–H groups in total. The van der Waals surface area contributed by atoms with Gasteiger partial charge in [-0.3, -0.25) is 14.4 Å².